The third kappa shape index (κ3) is 8.62. The Hall–Kier alpha value is -2.53. The molecule has 0 aliphatic rings. The molecule has 1 N–H and O–H groups in total. The molecule has 2 aromatic rings. The van der Waals surface area contributed by atoms with Gasteiger partial charge in [0.15, 0.2) is 0 Å². The summed E-state index contributed by atoms with van der Waals surface area (Å²) in [6.07, 6.45) is 1.44. The van der Waals surface area contributed by atoms with Crippen LogP contribution in [0.1, 0.15) is 45.6 Å². The molecule has 0 fully saturated rings. The first kappa shape index (κ1) is 24.7. The van der Waals surface area contributed by atoms with Gasteiger partial charge in [-0.2, -0.15) is 0 Å². The number of amides is 2. The molecule has 2 aromatic carbocycles. The Kier molecular flexibility index (Phi) is 10.4. The van der Waals surface area contributed by atoms with Crippen LogP contribution in [0.2, 0.25) is 5.02 Å². The van der Waals surface area contributed by atoms with Gasteiger partial charge in [-0.15, -0.1) is 0 Å². The molecule has 2 rings (SSSR count). The highest BCUT2D eigenvalue weighted by molar-refractivity contribution is 6.30. The summed E-state index contributed by atoms with van der Waals surface area (Å²) in [5.74, 6) is 0.926. The number of benzene rings is 2. The lowest BCUT2D eigenvalue weighted by molar-refractivity contribution is -0.141. The second kappa shape index (κ2) is 13.0. The zero-order valence-corrected chi connectivity index (χ0v) is 19.4. The van der Waals surface area contributed by atoms with E-state index in [4.69, 9.17) is 16.3 Å². The van der Waals surface area contributed by atoms with E-state index in [9.17, 15) is 9.59 Å². The van der Waals surface area contributed by atoms with Gasteiger partial charge in [0.2, 0.25) is 11.8 Å². The van der Waals surface area contributed by atoms with Gasteiger partial charge < -0.3 is 15.0 Å². The molecule has 2 amide bonds. The molecule has 0 saturated carbocycles. The molecule has 1 atom stereocenters. The van der Waals surface area contributed by atoms with Crippen molar-refractivity contribution in [1.29, 1.82) is 0 Å². The zero-order valence-electron chi connectivity index (χ0n) is 18.6. The Labute approximate surface area is 190 Å². The Morgan fingerprint density at radius 2 is 1.74 bits per heavy atom. The molecule has 168 valence electrons. The third-order valence-corrected chi connectivity index (χ3v) is 5.14. The monoisotopic (exact) mass is 444 g/mol. The molecule has 0 aliphatic carbocycles. The molecule has 5 nitrogen and oxygen atoms in total. The van der Waals surface area contributed by atoms with E-state index in [0.29, 0.717) is 49.9 Å². The minimum Gasteiger partial charge on any atom is -0.494 e. The zero-order chi connectivity index (χ0) is 22.6. The van der Waals surface area contributed by atoms with Crippen LogP contribution in [-0.2, 0) is 16.1 Å². The standard InChI is InChI=1S/C25H33ClN2O3/c1-4-23(25(30)27-17-19(2)3)28(18-20-9-6-5-7-10-20)24(29)11-8-16-31-22-14-12-21(26)13-15-22/h5-7,9-10,12-15,19,23H,4,8,11,16-18H2,1-3H3,(H,27,30)/t23-/m0/s1. The average Bonchev–Trinajstić information content (AvgIpc) is 2.77. The van der Waals surface area contributed by atoms with Crippen LogP contribution in [0, 0.1) is 5.92 Å². The van der Waals surface area contributed by atoms with Gasteiger partial charge in [0.1, 0.15) is 11.8 Å². The van der Waals surface area contributed by atoms with E-state index in [1.165, 1.54) is 0 Å². The number of nitrogens with one attached hydrogen (secondary N) is 1. The number of halogens is 1. The molecule has 0 radical (unpaired) electrons. The molecule has 0 spiro atoms. The highest BCUT2D eigenvalue weighted by Gasteiger charge is 2.28. The van der Waals surface area contributed by atoms with Crippen LogP contribution in [0.4, 0.5) is 0 Å². The summed E-state index contributed by atoms with van der Waals surface area (Å²) < 4.78 is 5.70. The number of rotatable bonds is 12. The highest BCUT2D eigenvalue weighted by atomic mass is 35.5. The van der Waals surface area contributed by atoms with E-state index in [1.807, 2.05) is 37.3 Å². The van der Waals surface area contributed by atoms with Crippen molar-refractivity contribution in [3.8, 4) is 5.75 Å². The van der Waals surface area contributed by atoms with Crippen molar-refractivity contribution in [3.63, 3.8) is 0 Å². The van der Waals surface area contributed by atoms with E-state index in [0.717, 1.165) is 11.3 Å². The second-order valence-electron chi connectivity index (χ2n) is 7.98. The maximum absolute atomic E-state index is 13.1. The number of ether oxygens (including phenoxy) is 1. The lowest BCUT2D eigenvalue weighted by atomic mass is 10.1. The van der Waals surface area contributed by atoms with E-state index in [2.05, 4.69) is 19.2 Å². The molecular weight excluding hydrogens is 412 g/mol. The molecule has 0 bridgehead atoms. The summed E-state index contributed by atoms with van der Waals surface area (Å²) in [6, 6.07) is 16.4. The molecule has 0 unspecified atom stereocenters. The van der Waals surface area contributed by atoms with Crippen molar-refractivity contribution in [3.05, 3.63) is 65.2 Å². The minimum atomic E-state index is -0.497. The highest BCUT2D eigenvalue weighted by Crippen LogP contribution is 2.17. The van der Waals surface area contributed by atoms with Crippen LogP contribution in [0.25, 0.3) is 0 Å². The summed E-state index contributed by atoms with van der Waals surface area (Å²) in [5.41, 5.74) is 1.00. The van der Waals surface area contributed by atoms with Crippen LogP contribution >= 0.6 is 11.6 Å². The smallest absolute Gasteiger partial charge is 0.242 e. The third-order valence-electron chi connectivity index (χ3n) is 4.88. The maximum Gasteiger partial charge on any atom is 0.242 e. The Morgan fingerprint density at radius 1 is 1.06 bits per heavy atom. The fraction of sp³-hybridized carbons (Fsp3) is 0.440. The van der Waals surface area contributed by atoms with Gasteiger partial charge >= 0.3 is 0 Å². The van der Waals surface area contributed by atoms with Gasteiger partial charge in [-0.1, -0.05) is 62.7 Å². The Bertz CT molecular complexity index is 809. The van der Waals surface area contributed by atoms with E-state index < -0.39 is 6.04 Å². The van der Waals surface area contributed by atoms with E-state index >= 15 is 0 Å². The number of hydrogen-bond donors (Lipinski definition) is 1. The Morgan fingerprint density at radius 3 is 2.35 bits per heavy atom. The minimum absolute atomic E-state index is 0.0462. The second-order valence-corrected chi connectivity index (χ2v) is 8.41. The van der Waals surface area contributed by atoms with Gasteiger partial charge in [-0.05, 0) is 48.6 Å². The first-order chi connectivity index (χ1) is 14.9. The lowest BCUT2D eigenvalue weighted by Crippen LogP contribution is -2.49. The molecule has 0 aliphatic heterocycles. The van der Waals surface area contributed by atoms with E-state index in [-0.39, 0.29) is 11.8 Å². The van der Waals surface area contributed by atoms with Gasteiger partial charge in [0.25, 0.3) is 0 Å². The van der Waals surface area contributed by atoms with Crippen molar-refractivity contribution >= 4 is 23.4 Å². The average molecular weight is 445 g/mol. The summed E-state index contributed by atoms with van der Waals surface area (Å²) in [4.78, 5) is 27.6. The van der Waals surface area contributed by atoms with Crippen LogP contribution < -0.4 is 10.1 Å². The Balaban J connectivity index is 2.00. The summed E-state index contributed by atoms with van der Waals surface area (Å²) >= 11 is 5.89. The predicted molar refractivity (Wildman–Crippen MR) is 125 cm³/mol. The normalized spacial score (nSPS) is 11.8. The number of nitrogens with zero attached hydrogens (tertiary/aromatic N) is 1. The number of carbonyl (C=O) groups excluding carboxylic acids is 2. The summed E-state index contributed by atoms with van der Waals surface area (Å²) in [6.45, 7) is 7.46. The van der Waals surface area contributed by atoms with Crippen LogP contribution in [0.5, 0.6) is 5.75 Å². The largest absolute Gasteiger partial charge is 0.494 e. The fourth-order valence-electron chi connectivity index (χ4n) is 3.21. The van der Waals surface area contributed by atoms with Gasteiger partial charge in [0.05, 0.1) is 6.61 Å². The molecule has 31 heavy (non-hydrogen) atoms. The van der Waals surface area contributed by atoms with Crippen LogP contribution in [0.3, 0.4) is 0 Å². The topological polar surface area (TPSA) is 58.6 Å². The number of carbonyl (C=O) groups is 2. The SMILES string of the molecule is CC[C@@H](C(=O)NCC(C)C)N(Cc1ccccc1)C(=O)CCCOc1ccc(Cl)cc1. The molecule has 0 saturated heterocycles. The van der Waals surface area contributed by atoms with Crippen molar-refractivity contribution in [2.45, 2.75) is 52.6 Å². The summed E-state index contributed by atoms with van der Waals surface area (Å²) in [5, 5.41) is 3.63. The predicted octanol–water partition coefficient (Wildman–Crippen LogP) is 5.08. The first-order valence-corrected chi connectivity index (χ1v) is 11.3. The van der Waals surface area contributed by atoms with Gasteiger partial charge in [-0.25, -0.2) is 0 Å². The van der Waals surface area contributed by atoms with Crippen molar-refractivity contribution in [2.24, 2.45) is 5.92 Å². The quantitative estimate of drug-likeness (QED) is 0.464. The van der Waals surface area contributed by atoms with Gasteiger partial charge in [-0.3, -0.25) is 9.59 Å². The lowest BCUT2D eigenvalue weighted by Gasteiger charge is -2.31. The molecule has 0 heterocycles. The van der Waals surface area contributed by atoms with Crippen molar-refractivity contribution in [2.75, 3.05) is 13.2 Å². The van der Waals surface area contributed by atoms with Crippen LogP contribution in [-0.4, -0.2) is 35.9 Å². The fourth-order valence-corrected chi connectivity index (χ4v) is 3.34. The van der Waals surface area contributed by atoms with Crippen LogP contribution in [0.15, 0.2) is 54.6 Å². The summed E-state index contributed by atoms with van der Waals surface area (Å²) in [7, 11) is 0. The molecule has 6 heteroatoms. The van der Waals surface area contributed by atoms with E-state index in [1.54, 1.807) is 29.2 Å². The van der Waals surface area contributed by atoms with Crippen molar-refractivity contribution in [1.82, 2.24) is 10.2 Å². The number of hydrogen-bond acceptors (Lipinski definition) is 3. The molecular formula is C25H33ClN2O3. The first-order valence-electron chi connectivity index (χ1n) is 10.9. The molecule has 0 aromatic heterocycles. The van der Waals surface area contributed by atoms with Gasteiger partial charge in [0, 0.05) is 24.5 Å². The van der Waals surface area contributed by atoms with Crippen molar-refractivity contribution < 1.29 is 14.3 Å². The maximum atomic E-state index is 13.1.